The van der Waals surface area contributed by atoms with Crippen molar-refractivity contribution in [1.82, 2.24) is 0 Å². The van der Waals surface area contributed by atoms with E-state index in [0.29, 0.717) is 15.4 Å². The molecule has 0 aliphatic rings. The van der Waals surface area contributed by atoms with Gasteiger partial charge in [0.1, 0.15) is 0 Å². The maximum atomic E-state index is 12.7. The number of hydrogen-bond donors (Lipinski definition) is 0. The Morgan fingerprint density at radius 3 is 2.55 bits per heavy atom. The summed E-state index contributed by atoms with van der Waals surface area (Å²) >= 11 is 1.02. The normalized spacial score (nSPS) is 10.6. The largest absolute Gasteiger partial charge is 0.416 e. The number of alkyl halides is 3. The third kappa shape index (κ3) is 3.76. The number of nitrogens with zero attached hydrogens (tertiary/aromatic N) is 2. The van der Waals surface area contributed by atoms with E-state index in [1.54, 1.807) is 0 Å². The fourth-order valence-corrected chi connectivity index (χ4v) is 2.60. The van der Waals surface area contributed by atoms with Crippen LogP contribution in [0.3, 0.4) is 0 Å². The molecule has 0 saturated heterocycles. The topological polar surface area (TPSA) is 53.2 Å². The number of isocyanates is 1. The molecule has 0 fully saturated rings. The first-order valence-corrected chi connectivity index (χ1v) is 6.73. The first-order chi connectivity index (χ1) is 10.4. The van der Waals surface area contributed by atoms with Crippen LogP contribution in [-0.2, 0) is 11.0 Å². The molecule has 0 spiro atoms. The van der Waals surface area contributed by atoms with Gasteiger partial charge < -0.3 is 0 Å². The second kappa shape index (κ2) is 6.48. The summed E-state index contributed by atoms with van der Waals surface area (Å²) in [6.07, 6.45) is -3.06. The third-order valence-corrected chi connectivity index (χ3v) is 3.70. The van der Waals surface area contributed by atoms with Gasteiger partial charge >= 0.3 is 6.18 Å². The van der Waals surface area contributed by atoms with Crippen molar-refractivity contribution in [3.05, 3.63) is 53.6 Å². The van der Waals surface area contributed by atoms with Crippen molar-refractivity contribution in [1.29, 1.82) is 5.26 Å². The van der Waals surface area contributed by atoms with Crippen LogP contribution in [0.1, 0.15) is 11.1 Å². The predicted molar refractivity (Wildman–Crippen MR) is 74.5 cm³/mol. The lowest BCUT2D eigenvalue weighted by Crippen LogP contribution is -2.04. The van der Waals surface area contributed by atoms with Crippen molar-refractivity contribution in [2.75, 3.05) is 0 Å². The molecule has 0 aliphatic carbocycles. The molecular weight excluding hydrogens is 313 g/mol. The van der Waals surface area contributed by atoms with Gasteiger partial charge in [0.2, 0.25) is 6.08 Å². The van der Waals surface area contributed by atoms with Crippen LogP contribution >= 0.6 is 11.8 Å². The van der Waals surface area contributed by atoms with Gasteiger partial charge in [0.25, 0.3) is 0 Å². The van der Waals surface area contributed by atoms with Crippen LogP contribution in [0.15, 0.2) is 57.2 Å². The Balaban J connectivity index is 2.39. The van der Waals surface area contributed by atoms with E-state index in [1.807, 2.05) is 6.07 Å². The van der Waals surface area contributed by atoms with Gasteiger partial charge in [-0.1, -0.05) is 17.8 Å². The highest BCUT2D eigenvalue weighted by Crippen LogP contribution is 2.38. The van der Waals surface area contributed by atoms with Crippen LogP contribution in [0.4, 0.5) is 18.9 Å². The molecule has 7 heteroatoms. The number of carbonyl (C=O) groups excluding carboxylic acids is 1. The molecule has 0 aromatic heterocycles. The summed E-state index contributed by atoms with van der Waals surface area (Å²) in [6, 6.07) is 11.1. The Morgan fingerprint density at radius 1 is 1.14 bits per heavy atom. The Morgan fingerprint density at radius 2 is 1.91 bits per heavy atom. The van der Waals surface area contributed by atoms with Gasteiger partial charge in [-0.05, 0) is 36.4 Å². The lowest BCUT2D eigenvalue weighted by molar-refractivity contribution is -0.137. The molecule has 2 aromatic carbocycles. The summed E-state index contributed by atoms with van der Waals surface area (Å²) < 4.78 is 38.1. The fraction of sp³-hybridized carbons (Fsp3) is 0.0667. The smallest absolute Gasteiger partial charge is 0.211 e. The maximum Gasteiger partial charge on any atom is 0.416 e. The highest BCUT2D eigenvalue weighted by molar-refractivity contribution is 7.99. The molecule has 0 bridgehead atoms. The summed E-state index contributed by atoms with van der Waals surface area (Å²) in [6.45, 7) is 0. The number of benzene rings is 2. The lowest BCUT2D eigenvalue weighted by Gasteiger charge is -2.09. The summed E-state index contributed by atoms with van der Waals surface area (Å²) in [7, 11) is 0. The van der Waals surface area contributed by atoms with Crippen molar-refractivity contribution < 1.29 is 18.0 Å². The molecule has 0 radical (unpaired) electrons. The fourth-order valence-electron chi connectivity index (χ4n) is 1.67. The minimum Gasteiger partial charge on any atom is -0.211 e. The van der Waals surface area contributed by atoms with Gasteiger partial charge in [-0.15, -0.1) is 0 Å². The van der Waals surface area contributed by atoms with Crippen LogP contribution in [-0.4, -0.2) is 6.08 Å². The quantitative estimate of drug-likeness (QED) is 0.608. The van der Waals surface area contributed by atoms with Crippen molar-refractivity contribution >= 4 is 23.5 Å². The molecule has 0 saturated carbocycles. The highest BCUT2D eigenvalue weighted by atomic mass is 32.2. The van der Waals surface area contributed by atoms with Crippen molar-refractivity contribution in [2.24, 2.45) is 4.99 Å². The first kappa shape index (κ1) is 15.8. The number of nitriles is 1. The number of aliphatic imine (C=N–C) groups is 1. The molecule has 0 aliphatic heterocycles. The average Bonchev–Trinajstić information content (AvgIpc) is 2.49. The summed E-state index contributed by atoms with van der Waals surface area (Å²) in [5.74, 6) is 0. The van der Waals surface area contributed by atoms with Gasteiger partial charge in [-0.25, -0.2) is 4.79 Å². The van der Waals surface area contributed by atoms with Crippen LogP contribution in [0, 0.1) is 11.3 Å². The molecular formula is C15H7F3N2OS. The minimum atomic E-state index is -4.43. The number of halogens is 3. The van der Waals surface area contributed by atoms with Crippen LogP contribution in [0.2, 0.25) is 0 Å². The average molecular weight is 320 g/mol. The lowest BCUT2D eigenvalue weighted by atomic mass is 10.2. The van der Waals surface area contributed by atoms with Crippen molar-refractivity contribution in [3.8, 4) is 6.07 Å². The van der Waals surface area contributed by atoms with Crippen LogP contribution in [0.5, 0.6) is 0 Å². The molecule has 22 heavy (non-hydrogen) atoms. The maximum absolute atomic E-state index is 12.7. The molecule has 0 heterocycles. The predicted octanol–water partition coefficient (Wildman–Crippen LogP) is 4.70. The Bertz CT molecular complexity index is 790. The van der Waals surface area contributed by atoms with E-state index in [-0.39, 0.29) is 5.69 Å². The summed E-state index contributed by atoms with van der Waals surface area (Å²) in [5, 5.41) is 8.81. The Hall–Kier alpha value is -2.55. The molecule has 2 rings (SSSR count). The second-order valence-electron chi connectivity index (χ2n) is 4.13. The molecule has 0 N–H and O–H groups in total. The van der Waals surface area contributed by atoms with E-state index >= 15 is 0 Å². The Kier molecular flexibility index (Phi) is 4.66. The molecule has 0 atom stereocenters. The zero-order chi connectivity index (χ0) is 16.2. The van der Waals surface area contributed by atoms with E-state index < -0.39 is 11.7 Å². The monoisotopic (exact) mass is 320 g/mol. The SMILES string of the molecule is N#Cc1ccc(Sc2cccc(C(F)(F)F)c2)c(N=C=O)c1. The van der Waals surface area contributed by atoms with Crippen LogP contribution < -0.4 is 0 Å². The zero-order valence-corrected chi connectivity index (χ0v) is 11.7. The van der Waals surface area contributed by atoms with Gasteiger partial charge in [0.05, 0.1) is 22.9 Å². The van der Waals surface area contributed by atoms with Crippen molar-refractivity contribution in [2.45, 2.75) is 16.0 Å². The molecule has 2 aromatic rings. The van der Waals surface area contributed by atoms with E-state index in [4.69, 9.17) is 5.26 Å². The second-order valence-corrected chi connectivity index (χ2v) is 5.24. The van der Waals surface area contributed by atoms with E-state index in [0.717, 1.165) is 23.9 Å². The van der Waals surface area contributed by atoms with E-state index in [2.05, 4.69) is 4.99 Å². The number of rotatable bonds is 3. The molecule has 3 nitrogen and oxygen atoms in total. The van der Waals surface area contributed by atoms with Crippen LogP contribution in [0.25, 0.3) is 0 Å². The molecule has 110 valence electrons. The first-order valence-electron chi connectivity index (χ1n) is 5.91. The van der Waals surface area contributed by atoms with Gasteiger partial charge in [0, 0.05) is 9.79 Å². The third-order valence-electron chi connectivity index (χ3n) is 2.64. The summed E-state index contributed by atoms with van der Waals surface area (Å²) in [5.41, 5.74) is -0.273. The number of hydrogen-bond acceptors (Lipinski definition) is 4. The van der Waals surface area contributed by atoms with Gasteiger partial charge in [0.15, 0.2) is 0 Å². The van der Waals surface area contributed by atoms with Gasteiger partial charge in [-0.2, -0.15) is 23.4 Å². The zero-order valence-electron chi connectivity index (χ0n) is 10.9. The Labute approximate surface area is 128 Å². The van der Waals surface area contributed by atoms with E-state index in [9.17, 15) is 18.0 Å². The van der Waals surface area contributed by atoms with Crippen molar-refractivity contribution in [3.63, 3.8) is 0 Å². The minimum absolute atomic E-state index is 0.191. The standard InChI is InChI=1S/C15H7F3N2OS/c16-15(17,18)11-2-1-3-12(7-11)22-14-5-4-10(8-19)6-13(14)20-9-21/h1-7H. The molecule has 0 unspecified atom stereocenters. The highest BCUT2D eigenvalue weighted by Gasteiger charge is 2.30. The summed E-state index contributed by atoms with van der Waals surface area (Å²) in [4.78, 5) is 14.7. The molecule has 0 amide bonds. The van der Waals surface area contributed by atoms with E-state index in [1.165, 1.54) is 36.4 Å². The van der Waals surface area contributed by atoms with Gasteiger partial charge in [-0.3, -0.25) is 0 Å².